The number of aryl methyl sites for hydroxylation is 1. The number of hydrogen-bond acceptors (Lipinski definition) is 6. The van der Waals surface area contributed by atoms with Gasteiger partial charge in [-0.2, -0.15) is 0 Å². The third kappa shape index (κ3) is 3.25. The Morgan fingerprint density at radius 3 is 2.91 bits per heavy atom. The lowest BCUT2D eigenvalue weighted by Gasteiger charge is -2.04. The molecule has 0 unspecified atom stereocenters. The summed E-state index contributed by atoms with van der Waals surface area (Å²) in [5, 5.41) is 7.56. The van der Waals surface area contributed by atoms with Gasteiger partial charge in [-0.25, -0.2) is 4.98 Å². The number of fused-ring (bicyclic) bond motifs is 1. The maximum atomic E-state index is 12.5. The minimum absolute atomic E-state index is 0.173. The summed E-state index contributed by atoms with van der Waals surface area (Å²) in [6.07, 6.45) is 1.70. The van der Waals surface area contributed by atoms with Crippen molar-refractivity contribution in [1.82, 2.24) is 14.6 Å². The summed E-state index contributed by atoms with van der Waals surface area (Å²) in [5.74, 6) is 0.222. The van der Waals surface area contributed by atoms with Crippen molar-refractivity contribution in [3.63, 3.8) is 0 Å². The molecule has 0 bridgehead atoms. The van der Waals surface area contributed by atoms with E-state index in [1.807, 2.05) is 12.1 Å². The second-order valence-electron chi connectivity index (χ2n) is 5.62. The van der Waals surface area contributed by atoms with Crippen LogP contribution in [0.4, 0.5) is 5.13 Å². The van der Waals surface area contributed by atoms with Crippen LogP contribution in [0.1, 0.15) is 54.0 Å². The monoisotopic (exact) mass is 346 g/mol. The van der Waals surface area contributed by atoms with Crippen LogP contribution in [-0.2, 0) is 6.42 Å². The second kappa shape index (κ2) is 6.72. The van der Waals surface area contributed by atoms with Crippen LogP contribution in [0.15, 0.2) is 18.2 Å². The van der Waals surface area contributed by atoms with Gasteiger partial charge in [-0.3, -0.25) is 10.1 Å². The molecule has 1 N–H and O–H groups in total. The van der Waals surface area contributed by atoms with Crippen molar-refractivity contribution in [3.05, 3.63) is 34.3 Å². The van der Waals surface area contributed by atoms with Crippen LogP contribution in [0.3, 0.4) is 0 Å². The van der Waals surface area contributed by atoms with Gasteiger partial charge in [-0.15, -0.1) is 5.10 Å². The average molecular weight is 346 g/mol. The van der Waals surface area contributed by atoms with Gasteiger partial charge in [0.25, 0.3) is 5.91 Å². The van der Waals surface area contributed by atoms with E-state index in [0.717, 1.165) is 40.3 Å². The number of nitrogens with one attached hydrogen (secondary N) is 1. The minimum Gasteiger partial charge on any atom is -0.297 e. The number of anilines is 1. The van der Waals surface area contributed by atoms with Gasteiger partial charge in [0, 0.05) is 0 Å². The Morgan fingerprint density at radius 2 is 2.17 bits per heavy atom. The summed E-state index contributed by atoms with van der Waals surface area (Å²) >= 11 is 2.63. The Labute approximate surface area is 142 Å². The first-order valence-electron chi connectivity index (χ1n) is 7.62. The predicted octanol–water partition coefficient (Wildman–Crippen LogP) is 4.48. The number of carbonyl (C=O) groups excluding carboxylic acids is 1. The highest BCUT2D eigenvalue weighted by atomic mass is 32.1. The fourth-order valence-electron chi connectivity index (χ4n) is 2.42. The van der Waals surface area contributed by atoms with Crippen molar-refractivity contribution in [1.29, 1.82) is 0 Å². The first kappa shape index (κ1) is 16.0. The molecule has 7 heteroatoms. The molecule has 3 rings (SSSR count). The number of thiazole rings is 1. The molecular weight excluding hydrogens is 328 g/mol. The van der Waals surface area contributed by atoms with Crippen molar-refractivity contribution in [3.8, 4) is 0 Å². The normalized spacial score (nSPS) is 11.3. The number of para-hydroxylation sites is 1. The lowest BCUT2D eigenvalue weighted by atomic mass is 10.0. The molecule has 120 valence electrons. The van der Waals surface area contributed by atoms with Crippen molar-refractivity contribution >= 4 is 44.1 Å². The topological polar surface area (TPSA) is 67.8 Å². The van der Waals surface area contributed by atoms with Crippen LogP contribution >= 0.6 is 22.9 Å². The van der Waals surface area contributed by atoms with Gasteiger partial charge in [0.05, 0.1) is 15.9 Å². The number of rotatable bonds is 5. The molecule has 0 saturated carbocycles. The van der Waals surface area contributed by atoms with E-state index >= 15 is 0 Å². The van der Waals surface area contributed by atoms with Crippen molar-refractivity contribution in [2.24, 2.45) is 0 Å². The first-order valence-corrected chi connectivity index (χ1v) is 9.21. The summed E-state index contributed by atoms with van der Waals surface area (Å²) in [4.78, 5) is 17.6. The molecule has 1 aromatic carbocycles. The van der Waals surface area contributed by atoms with Gasteiger partial charge >= 0.3 is 0 Å². The van der Waals surface area contributed by atoms with E-state index in [1.54, 1.807) is 0 Å². The van der Waals surface area contributed by atoms with E-state index in [1.165, 1.54) is 16.9 Å². The lowest BCUT2D eigenvalue weighted by Crippen LogP contribution is -2.12. The van der Waals surface area contributed by atoms with E-state index < -0.39 is 0 Å². The van der Waals surface area contributed by atoms with E-state index in [4.69, 9.17) is 0 Å². The molecule has 0 aliphatic heterocycles. The summed E-state index contributed by atoms with van der Waals surface area (Å²) < 4.78 is 4.98. The number of aromatic nitrogens is 3. The Balaban J connectivity index is 1.88. The van der Waals surface area contributed by atoms with Crippen LogP contribution in [-0.4, -0.2) is 20.5 Å². The number of nitrogens with zero attached hydrogens (tertiary/aromatic N) is 3. The smallest absolute Gasteiger partial charge is 0.271 e. The van der Waals surface area contributed by atoms with Crippen LogP contribution in [0.25, 0.3) is 10.2 Å². The van der Waals surface area contributed by atoms with Gasteiger partial charge in [-0.1, -0.05) is 55.1 Å². The van der Waals surface area contributed by atoms with Gasteiger partial charge in [-0.05, 0) is 35.5 Å². The number of carbonyl (C=O) groups is 1. The van der Waals surface area contributed by atoms with Crippen molar-refractivity contribution in [2.45, 2.75) is 39.5 Å². The Morgan fingerprint density at radius 1 is 1.35 bits per heavy atom. The maximum Gasteiger partial charge on any atom is 0.271 e. The molecular formula is C16H18N4OS2. The molecule has 0 aliphatic rings. The number of hydrogen-bond donors (Lipinski definition) is 1. The van der Waals surface area contributed by atoms with Crippen LogP contribution in [0.5, 0.6) is 0 Å². The highest BCUT2D eigenvalue weighted by molar-refractivity contribution is 7.22. The summed E-state index contributed by atoms with van der Waals surface area (Å²) in [5.41, 5.74) is 2.93. The third-order valence-electron chi connectivity index (χ3n) is 3.54. The van der Waals surface area contributed by atoms with E-state index in [-0.39, 0.29) is 5.91 Å². The van der Waals surface area contributed by atoms with E-state index in [0.29, 0.717) is 15.9 Å². The molecule has 0 aliphatic carbocycles. The zero-order valence-corrected chi connectivity index (χ0v) is 14.9. The van der Waals surface area contributed by atoms with Gasteiger partial charge in [0.15, 0.2) is 5.13 Å². The molecule has 23 heavy (non-hydrogen) atoms. The summed E-state index contributed by atoms with van der Waals surface area (Å²) in [6, 6.07) is 6.16. The predicted molar refractivity (Wildman–Crippen MR) is 95.6 cm³/mol. The zero-order valence-electron chi connectivity index (χ0n) is 13.3. The van der Waals surface area contributed by atoms with Gasteiger partial charge in [0.2, 0.25) is 0 Å². The quantitative estimate of drug-likeness (QED) is 0.740. The van der Waals surface area contributed by atoms with Crippen molar-refractivity contribution < 1.29 is 4.79 Å². The van der Waals surface area contributed by atoms with Crippen molar-refractivity contribution in [2.75, 3.05) is 5.32 Å². The highest BCUT2D eigenvalue weighted by Gasteiger charge is 2.18. The summed E-state index contributed by atoms with van der Waals surface area (Å²) in [6.45, 7) is 6.35. The molecule has 0 saturated heterocycles. The lowest BCUT2D eigenvalue weighted by molar-refractivity contribution is 0.102. The zero-order chi connectivity index (χ0) is 16.4. The largest absolute Gasteiger partial charge is 0.297 e. The molecule has 0 fully saturated rings. The molecule has 2 aromatic heterocycles. The van der Waals surface area contributed by atoms with Crippen LogP contribution in [0, 0.1) is 0 Å². The van der Waals surface area contributed by atoms with E-state index in [2.05, 4.69) is 46.7 Å². The molecule has 0 radical (unpaired) electrons. The Bertz CT molecular complexity index is 838. The first-order chi connectivity index (χ1) is 11.1. The molecule has 0 spiro atoms. The molecule has 3 aromatic rings. The fraction of sp³-hybridized carbons (Fsp3) is 0.375. The van der Waals surface area contributed by atoms with Crippen LogP contribution in [0.2, 0.25) is 0 Å². The second-order valence-corrected chi connectivity index (χ2v) is 7.41. The van der Waals surface area contributed by atoms with E-state index in [9.17, 15) is 4.79 Å². The molecule has 1 amide bonds. The van der Waals surface area contributed by atoms with Gasteiger partial charge < -0.3 is 0 Å². The van der Waals surface area contributed by atoms with Gasteiger partial charge in [0.1, 0.15) is 4.88 Å². The molecule has 0 atom stereocenters. The maximum absolute atomic E-state index is 12.5. The summed E-state index contributed by atoms with van der Waals surface area (Å²) in [7, 11) is 0. The average Bonchev–Trinajstić information content (AvgIpc) is 3.12. The minimum atomic E-state index is -0.173. The number of amides is 1. The molecule has 5 nitrogen and oxygen atoms in total. The highest BCUT2D eigenvalue weighted by Crippen LogP contribution is 2.32. The third-order valence-corrected chi connectivity index (χ3v) is 5.24. The fourth-order valence-corrected chi connectivity index (χ4v) is 3.92. The Kier molecular flexibility index (Phi) is 4.68. The molecule has 2 heterocycles. The standard InChI is InChI=1S/C16H18N4OS2/c1-4-6-11-14(23-20-19-11)15(21)18-16-17-13-10(9(2)3)7-5-8-12(13)22-16/h5,7-9H,4,6H2,1-3H3,(H,17,18,21). The number of benzene rings is 1. The Hall–Kier alpha value is -1.86. The van der Waals surface area contributed by atoms with Crippen LogP contribution < -0.4 is 5.32 Å². The SMILES string of the molecule is CCCc1nnsc1C(=O)Nc1nc2c(C(C)C)cccc2s1.